The number of esters is 1. The quantitative estimate of drug-likeness (QED) is 0.699. The maximum absolute atomic E-state index is 12.8. The predicted molar refractivity (Wildman–Crippen MR) is 103 cm³/mol. The van der Waals surface area contributed by atoms with E-state index in [0.717, 1.165) is 25.9 Å². The molecular formula is C20H28N4O4. The van der Waals surface area contributed by atoms with Crippen LogP contribution in [0.5, 0.6) is 0 Å². The number of hydrogen-bond donors (Lipinski definition) is 0. The number of amides is 2. The summed E-state index contributed by atoms with van der Waals surface area (Å²) >= 11 is 0. The summed E-state index contributed by atoms with van der Waals surface area (Å²) < 4.78 is 4.99. The molecule has 0 aliphatic carbocycles. The van der Waals surface area contributed by atoms with Crippen molar-refractivity contribution in [1.29, 1.82) is 0 Å². The van der Waals surface area contributed by atoms with Gasteiger partial charge >= 0.3 is 5.97 Å². The fourth-order valence-electron chi connectivity index (χ4n) is 3.63. The number of carbonyl (C=O) groups excluding carboxylic acids is 3. The van der Waals surface area contributed by atoms with Gasteiger partial charge in [0.1, 0.15) is 5.69 Å². The minimum Gasteiger partial charge on any atom is -0.462 e. The third-order valence-corrected chi connectivity index (χ3v) is 5.28. The summed E-state index contributed by atoms with van der Waals surface area (Å²) in [7, 11) is 0. The smallest absolute Gasteiger partial charge is 0.339 e. The van der Waals surface area contributed by atoms with Gasteiger partial charge in [0.2, 0.25) is 5.91 Å². The van der Waals surface area contributed by atoms with Crippen LogP contribution < -0.4 is 0 Å². The normalized spacial score (nSPS) is 17.6. The number of aromatic nitrogens is 1. The number of likely N-dealkylation sites (tertiary alicyclic amines) is 1. The van der Waals surface area contributed by atoms with Crippen molar-refractivity contribution in [2.24, 2.45) is 0 Å². The summed E-state index contributed by atoms with van der Waals surface area (Å²) in [5, 5.41) is 0. The molecule has 0 unspecified atom stereocenters. The molecule has 0 saturated carbocycles. The summed E-state index contributed by atoms with van der Waals surface area (Å²) in [5.41, 5.74) is 1.19. The van der Waals surface area contributed by atoms with E-state index in [9.17, 15) is 14.4 Å². The monoisotopic (exact) mass is 388 g/mol. The molecular weight excluding hydrogens is 360 g/mol. The van der Waals surface area contributed by atoms with Gasteiger partial charge < -0.3 is 14.5 Å². The Labute approximate surface area is 165 Å². The maximum Gasteiger partial charge on any atom is 0.339 e. The Morgan fingerprint density at radius 1 is 1.00 bits per heavy atom. The van der Waals surface area contributed by atoms with Gasteiger partial charge in [-0.2, -0.15) is 0 Å². The van der Waals surface area contributed by atoms with Gasteiger partial charge in [-0.3, -0.25) is 14.5 Å². The Morgan fingerprint density at radius 3 is 2.29 bits per heavy atom. The largest absolute Gasteiger partial charge is 0.462 e. The number of rotatable bonds is 5. The molecule has 2 saturated heterocycles. The number of hydrogen-bond acceptors (Lipinski definition) is 6. The highest BCUT2D eigenvalue weighted by atomic mass is 16.5. The molecule has 0 spiro atoms. The highest BCUT2D eigenvalue weighted by molar-refractivity contribution is 5.95. The fraction of sp³-hybridized carbons (Fsp3) is 0.600. The zero-order valence-corrected chi connectivity index (χ0v) is 16.6. The van der Waals surface area contributed by atoms with Gasteiger partial charge in [-0.05, 0) is 38.8 Å². The Balaban J connectivity index is 1.54. The second-order valence-corrected chi connectivity index (χ2v) is 7.21. The van der Waals surface area contributed by atoms with E-state index in [4.69, 9.17) is 4.74 Å². The predicted octanol–water partition coefficient (Wildman–Crippen LogP) is 0.947. The molecule has 3 rings (SSSR count). The van der Waals surface area contributed by atoms with Crippen molar-refractivity contribution in [3.8, 4) is 0 Å². The van der Waals surface area contributed by atoms with Crippen LogP contribution in [-0.2, 0) is 9.53 Å². The number of aryl methyl sites for hydroxylation is 1. The molecule has 8 nitrogen and oxygen atoms in total. The Hall–Kier alpha value is -2.48. The van der Waals surface area contributed by atoms with Crippen LogP contribution in [0.4, 0.5) is 0 Å². The average Bonchev–Trinajstić information content (AvgIpc) is 3.23. The lowest BCUT2D eigenvalue weighted by Crippen LogP contribution is -2.51. The molecule has 0 N–H and O–H groups in total. The minimum atomic E-state index is -0.428. The number of nitrogens with zero attached hydrogens (tertiary/aromatic N) is 4. The van der Waals surface area contributed by atoms with Crippen LogP contribution >= 0.6 is 0 Å². The van der Waals surface area contributed by atoms with Gasteiger partial charge in [0.15, 0.2) is 0 Å². The van der Waals surface area contributed by atoms with Crippen LogP contribution in [0, 0.1) is 6.92 Å². The minimum absolute atomic E-state index is 0.149. The fourth-order valence-corrected chi connectivity index (χ4v) is 3.63. The molecule has 8 heteroatoms. The first-order valence-corrected chi connectivity index (χ1v) is 9.93. The third kappa shape index (κ3) is 4.67. The molecule has 2 aliphatic heterocycles. The number of piperazine rings is 1. The van der Waals surface area contributed by atoms with Crippen LogP contribution in [0.3, 0.4) is 0 Å². The highest BCUT2D eigenvalue weighted by Crippen LogP contribution is 2.13. The average molecular weight is 388 g/mol. The van der Waals surface area contributed by atoms with Crippen molar-refractivity contribution < 1.29 is 19.1 Å². The van der Waals surface area contributed by atoms with Crippen molar-refractivity contribution in [3.05, 3.63) is 29.1 Å². The van der Waals surface area contributed by atoms with E-state index in [0.29, 0.717) is 56.3 Å². The Bertz CT molecular complexity index is 738. The topological polar surface area (TPSA) is 83.1 Å². The summed E-state index contributed by atoms with van der Waals surface area (Å²) in [4.78, 5) is 47.0. The lowest BCUT2D eigenvalue weighted by atomic mass is 10.1. The molecule has 2 amide bonds. The Kier molecular flexibility index (Phi) is 6.61. The first kappa shape index (κ1) is 20.3. The van der Waals surface area contributed by atoms with Crippen molar-refractivity contribution >= 4 is 17.8 Å². The molecule has 0 aromatic carbocycles. The van der Waals surface area contributed by atoms with Gasteiger partial charge in [0, 0.05) is 39.3 Å². The van der Waals surface area contributed by atoms with Crippen molar-refractivity contribution in [2.45, 2.75) is 26.7 Å². The van der Waals surface area contributed by atoms with Gasteiger partial charge in [-0.1, -0.05) is 0 Å². The SMILES string of the molecule is CCOC(=O)c1ccc(C(=O)N2CCN(CC(=O)N3CCCC3)CC2)nc1C. The molecule has 0 bridgehead atoms. The first-order valence-electron chi connectivity index (χ1n) is 9.93. The van der Waals surface area contributed by atoms with Crippen molar-refractivity contribution in [1.82, 2.24) is 19.7 Å². The van der Waals surface area contributed by atoms with Crippen LogP contribution in [0.1, 0.15) is 46.3 Å². The van der Waals surface area contributed by atoms with E-state index in [1.165, 1.54) is 0 Å². The molecule has 0 radical (unpaired) electrons. The van der Waals surface area contributed by atoms with Gasteiger partial charge in [-0.15, -0.1) is 0 Å². The van der Waals surface area contributed by atoms with E-state index in [2.05, 4.69) is 9.88 Å². The van der Waals surface area contributed by atoms with Crippen LogP contribution in [0.2, 0.25) is 0 Å². The molecule has 1 aromatic heterocycles. The van der Waals surface area contributed by atoms with E-state index >= 15 is 0 Å². The van der Waals surface area contributed by atoms with Gasteiger partial charge in [0.05, 0.1) is 24.4 Å². The number of carbonyl (C=O) groups is 3. The molecule has 152 valence electrons. The summed E-state index contributed by atoms with van der Waals surface area (Å²) in [6, 6.07) is 3.17. The Morgan fingerprint density at radius 2 is 1.68 bits per heavy atom. The highest BCUT2D eigenvalue weighted by Gasteiger charge is 2.26. The van der Waals surface area contributed by atoms with Gasteiger partial charge in [0.25, 0.3) is 5.91 Å². The summed E-state index contributed by atoms with van der Waals surface area (Å²) in [5.74, 6) is -0.393. The van der Waals surface area contributed by atoms with E-state index in [-0.39, 0.29) is 11.8 Å². The second kappa shape index (κ2) is 9.14. The summed E-state index contributed by atoms with van der Waals surface area (Å²) in [6.45, 7) is 8.36. The zero-order valence-electron chi connectivity index (χ0n) is 16.6. The molecule has 0 atom stereocenters. The van der Waals surface area contributed by atoms with E-state index in [1.54, 1.807) is 30.9 Å². The molecule has 3 heterocycles. The van der Waals surface area contributed by atoms with Crippen LogP contribution in [0.25, 0.3) is 0 Å². The maximum atomic E-state index is 12.8. The van der Waals surface area contributed by atoms with Gasteiger partial charge in [-0.25, -0.2) is 9.78 Å². The zero-order chi connectivity index (χ0) is 20.1. The van der Waals surface area contributed by atoms with E-state index < -0.39 is 5.97 Å². The van der Waals surface area contributed by atoms with Crippen LogP contribution in [-0.4, -0.2) is 89.9 Å². The van der Waals surface area contributed by atoms with Crippen molar-refractivity contribution in [3.63, 3.8) is 0 Å². The lowest BCUT2D eigenvalue weighted by Gasteiger charge is -2.34. The lowest BCUT2D eigenvalue weighted by molar-refractivity contribution is -0.131. The molecule has 1 aromatic rings. The van der Waals surface area contributed by atoms with E-state index in [1.807, 2.05) is 4.90 Å². The molecule has 2 fully saturated rings. The summed E-state index contributed by atoms with van der Waals surface area (Å²) in [6.07, 6.45) is 2.19. The first-order chi connectivity index (χ1) is 13.5. The third-order valence-electron chi connectivity index (χ3n) is 5.28. The van der Waals surface area contributed by atoms with Crippen LogP contribution in [0.15, 0.2) is 12.1 Å². The number of ether oxygens (including phenoxy) is 1. The number of pyridine rings is 1. The molecule has 2 aliphatic rings. The van der Waals surface area contributed by atoms with Crippen molar-refractivity contribution in [2.75, 3.05) is 52.4 Å². The second-order valence-electron chi connectivity index (χ2n) is 7.21. The molecule has 28 heavy (non-hydrogen) atoms. The standard InChI is InChI=1S/C20H28N4O4/c1-3-28-20(27)16-6-7-17(21-15(16)2)19(26)24-12-10-22(11-13-24)14-18(25)23-8-4-5-9-23/h6-7H,3-5,8-14H2,1-2H3.